The van der Waals surface area contributed by atoms with Crippen LogP contribution in [0.4, 0.5) is 0 Å². The van der Waals surface area contributed by atoms with E-state index in [9.17, 15) is 0 Å². The number of hydrogen-bond acceptors (Lipinski definition) is 2. The van der Waals surface area contributed by atoms with Crippen molar-refractivity contribution in [2.24, 2.45) is 5.92 Å². The van der Waals surface area contributed by atoms with Crippen LogP contribution in [0.2, 0.25) is 0 Å². The second-order valence-electron chi connectivity index (χ2n) is 5.43. The zero-order valence-corrected chi connectivity index (χ0v) is 12.2. The molecular weight excluding hydrogens is 246 g/mol. The minimum atomic E-state index is 0.666. The molecule has 1 aromatic carbocycles. The van der Waals surface area contributed by atoms with Gasteiger partial charge >= 0.3 is 0 Å². The van der Waals surface area contributed by atoms with Gasteiger partial charge in [-0.15, -0.1) is 0 Å². The van der Waals surface area contributed by atoms with Crippen LogP contribution < -0.4 is 0 Å². The summed E-state index contributed by atoms with van der Waals surface area (Å²) in [5.74, 6) is 1.38. The Balaban J connectivity index is 1.81. The SMILES string of the molecule is CCOC/C=C/C1CCC(c2ccc(C#N)cc2)CC1. The lowest BCUT2D eigenvalue weighted by molar-refractivity contribution is 0.177. The van der Waals surface area contributed by atoms with Gasteiger partial charge in [-0.1, -0.05) is 24.3 Å². The van der Waals surface area contributed by atoms with E-state index in [4.69, 9.17) is 10.00 Å². The average molecular weight is 269 g/mol. The summed E-state index contributed by atoms with van der Waals surface area (Å²) in [7, 11) is 0. The van der Waals surface area contributed by atoms with Gasteiger partial charge in [0, 0.05) is 6.61 Å². The highest BCUT2D eigenvalue weighted by molar-refractivity contribution is 5.33. The fourth-order valence-corrected chi connectivity index (χ4v) is 2.91. The molecule has 0 N–H and O–H groups in total. The van der Waals surface area contributed by atoms with Gasteiger partial charge < -0.3 is 4.74 Å². The van der Waals surface area contributed by atoms with Gasteiger partial charge in [0.25, 0.3) is 0 Å². The molecule has 1 aliphatic carbocycles. The van der Waals surface area contributed by atoms with Crippen molar-refractivity contribution in [3.05, 3.63) is 47.5 Å². The summed E-state index contributed by atoms with van der Waals surface area (Å²) in [4.78, 5) is 0. The van der Waals surface area contributed by atoms with Crippen LogP contribution in [0, 0.1) is 17.2 Å². The molecule has 20 heavy (non-hydrogen) atoms. The van der Waals surface area contributed by atoms with Crippen molar-refractivity contribution in [3.63, 3.8) is 0 Å². The van der Waals surface area contributed by atoms with Gasteiger partial charge in [0.1, 0.15) is 0 Å². The summed E-state index contributed by atoms with van der Waals surface area (Å²) in [6.45, 7) is 3.55. The first kappa shape index (κ1) is 14.8. The lowest BCUT2D eigenvalue weighted by atomic mass is 9.78. The minimum absolute atomic E-state index is 0.666. The van der Waals surface area contributed by atoms with Crippen LogP contribution in [-0.4, -0.2) is 13.2 Å². The smallest absolute Gasteiger partial charge is 0.0991 e. The Morgan fingerprint density at radius 2 is 1.90 bits per heavy atom. The van der Waals surface area contributed by atoms with Gasteiger partial charge in [-0.3, -0.25) is 0 Å². The fraction of sp³-hybridized carbons (Fsp3) is 0.500. The number of benzene rings is 1. The third kappa shape index (κ3) is 4.21. The normalized spacial score (nSPS) is 22.8. The Labute approximate surface area is 122 Å². The maximum Gasteiger partial charge on any atom is 0.0991 e. The van der Waals surface area contributed by atoms with Crippen LogP contribution in [0.1, 0.15) is 49.7 Å². The summed E-state index contributed by atoms with van der Waals surface area (Å²) < 4.78 is 5.32. The number of rotatable bonds is 5. The first-order chi connectivity index (χ1) is 9.83. The molecule has 0 saturated heterocycles. The van der Waals surface area contributed by atoms with Crippen LogP contribution in [0.3, 0.4) is 0 Å². The van der Waals surface area contributed by atoms with Crippen LogP contribution in [0.25, 0.3) is 0 Å². The number of nitrogens with zero attached hydrogens (tertiary/aromatic N) is 1. The lowest BCUT2D eigenvalue weighted by Gasteiger charge is -2.27. The number of nitriles is 1. The predicted molar refractivity (Wildman–Crippen MR) is 81.5 cm³/mol. The molecular formula is C18H23NO. The van der Waals surface area contributed by atoms with E-state index in [1.807, 2.05) is 19.1 Å². The quantitative estimate of drug-likeness (QED) is 0.585. The predicted octanol–water partition coefficient (Wildman–Crippen LogP) is 4.42. The van der Waals surface area contributed by atoms with Gasteiger partial charge in [-0.25, -0.2) is 0 Å². The molecule has 0 aromatic heterocycles. The van der Waals surface area contributed by atoms with Crippen LogP contribution in [0.5, 0.6) is 0 Å². The Morgan fingerprint density at radius 1 is 1.20 bits per heavy atom. The van der Waals surface area contributed by atoms with Crippen molar-refractivity contribution in [1.29, 1.82) is 5.26 Å². The fourth-order valence-electron chi connectivity index (χ4n) is 2.91. The van der Waals surface area contributed by atoms with Crippen LogP contribution in [0.15, 0.2) is 36.4 Å². The highest BCUT2D eigenvalue weighted by Crippen LogP contribution is 2.36. The van der Waals surface area contributed by atoms with Crippen molar-refractivity contribution in [1.82, 2.24) is 0 Å². The van der Waals surface area contributed by atoms with Crippen molar-refractivity contribution < 1.29 is 4.74 Å². The van der Waals surface area contributed by atoms with Crippen molar-refractivity contribution in [3.8, 4) is 6.07 Å². The molecule has 0 atom stereocenters. The Bertz CT molecular complexity index is 461. The van der Waals surface area contributed by atoms with E-state index in [2.05, 4.69) is 30.4 Å². The van der Waals surface area contributed by atoms with E-state index in [0.29, 0.717) is 11.8 Å². The number of hydrogen-bond donors (Lipinski definition) is 0. The second-order valence-corrected chi connectivity index (χ2v) is 5.43. The van der Waals surface area contributed by atoms with Gasteiger partial charge in [0.15, 0.2) is 0 Å². The molecule has 0 heterocycles. The van der Waals surface area contributed by atoms with Crippen molar-refractivity contribution in [2.45, 2.75) is 38.5 Å². The van der Waals surface area contributed by atoms with E-state index >= 15 is 0 Å². The molecule has 0 bridgehead atoms. The molecule has 0 unspecified atom stereocenters. The monoisotopic (exact) mass is 269 g/mol. The average Bonchev–Trinajstić information content (AvgIpc) is 2.52. The molecule has 2 rings (SSSR count). The first-order valence-electron chi connectivity index (χ1n) is 7.58. The second kappa shape index (κ2) is 7.87. The molecule has 0 spiro atoms. The molecule has 2 nitrogen and oxygen atoms in total. The minimum Gasteiger partial charge on any atom is -0.378 e. The molecule has 1 aliphatic rings. The van der Waals surface area contributed by atoms with E-state index < -0.39 is 0 Å². The zero-order chi connectivity index (χ0) is 14.2. The van der Waals surface area contributed by atoms with E-state index in [1.54, 1.807) is 0 Å². The summed E-state index contributed by atoms with van der Waals surface area (Å²) in [5.41, 5.74) is 2.14. The van der Waals surface area contributed by atoms with Crippen LogP contribution >= 0.6 is 0 Å². The third-order valence-corrected chi connectivity index (χ3v) is 4.11. The molecule has 1 saturated carbocycles. The maximum absolute atomic E-state index is 8.83. The van der Waals surface area contributed by atoms with Gasteiger partial charge in [-0.2, -0.15) is 5.26 Å². The largest absolute Gasteiger partial charge is 0.378 e. The molecule has 106 valence electrons. The number of allylic oxidation sites excluding steroid dienone is 1. The van der Waals surface area contributed by atoms with Crippen molar-refractivity contribution in [2.75, 3.05) is 13.2 Å². The zero-order valence-electron chi connectivity index (χ0n) is 12.2. The van der Waals surface area contributed by atoms with Crippen LogP contribution in [-0.2, 0) is 4.74 Å². The topological polar surface area (TPSA) is 33.0 Å². The van der Waals surface area contributed by atoms with Gasteiger partial charge in [-0.05, 0) is 62.1 Å². The van der Waals surface area contributed by atoms with Gasteiger partial charge in [0.2, 0.25) is 0 Å². The maximum atomic E-state index is 8.83. The number of ether oxygens (including phenoxy) is 1. The Morgan fingerprint density at radius 3 is 2.50 bits per heavy atom. The molecule has 0 amide bonds. The summed E-state index contributed by atoms with van der Waals surface area (Å²) in [5, 5.41) is 8.83. The first-order valence-corrected chi connectivity index (χ1v) is 7.58. The van der Waals surface area contributed by atoms with Gasteiger partial charge in [0.05, 0.1) is 18.2 Å². The summed E-state index contributed by atoms with van der Waals surface area (Å²) in [6, 6.07) is 10.3. The molecule has 1 aromatic rings. The summed E-state index contributed by atoms with van der Waals surface area (Å²) >= 11 is 0. The van der Waals surface area contributed by atoms with E-state index in [-0.39, 0.29) is 0 Å². The summed E-state index contributed by atoms with van der Waals surface area (Å²) in [6.07, 6.45) is 9.49. The molecule has 0 radical (unpaired) electrons. The van der Waals surface area contributed by atoms with E-state index in [0.717, 1.165) is 18.8 Å². The Hall–Kier alpha value is -1.59. The van der Waals surface area contributed by atoms with E-state index in [1.165, 1.54) is 31.2 Å². The van der Waals surface area contributed by atoms with Crippen molar-refractivity contribution >= 4 is 0 Å². The molecule has 1 fully saturated rings. The Kier molecular flexibility index (Phi) is 5.83. The highest BCUT2D eigenvalue weighted by atomic mass is 16.5. The molecule has 2 heteroatoms. The third-order valence-electron chi connectivity index (χ3n) is 4.11. The standard InChI is InChI=1S/C18H23NO/c1-2-20-13-3-4-15-5-9-17(10-6-15)18-11-7-16(14-19)8-12-18/h3-4,7-8,11-12,15,17H,2,5-6,9-10,13H2,1H3/b4-3+. The highest BCUT2D eigenvalue weighted by Gasteiger charge is 2.20. The molecule has 0 aliphatic heterocycles. The lowest BCUT2D eigenvalue weighted by Crippen LogP contribution is -2.11.